The molecule has 0 aliphatic carbocycles. The molecule has 2 N–H and O–H groups in total. The molecular formula is C29H31F3N2O3. The first-order chi connectivity index (χ1) is 17.3. The lowest BCUT2D eigenvalue weighted by Crippen LogP contribution is -2.31. The Hall–Kier alpha value is -3.81. The van der Waals surface area contributed by atoms with Gasteiger partial charge in [0.05, 0.1) is 12.2 Å². The van der Waals surface area contributed by atoms with Gasteiger partial charge in [0, 0.05) is 22.4 Å². The molecule has 196 valence electrons. The van der Waals surface area contributed by atoms with Crippen LogP contribution < -0.4 is 15.4 Å². The van der Waals surface area contributed by atoms with Crippen LogP contribution in [0.4, 0.5) is 24.5 Å². The van der Waals surface area contributed by atoms with Gasteiger partial charge >= 0.3 is 6.18 Å². The Labute approximate surface area is 215 Å². The molecule has 0 saturated carbocycles. The average molecular weight is 513 g/mol. The van der Waals surface area contributed by atoms with Crippen LogP contribution >= 0.6 is 0 Å². The van der Waals surface area contributed by atoms with Crippen molar-refractivity contribution in [3.63, 3.8) is 0 Å². The lowest BCUT2D eigenvalue weighted by Gasteiger charge is -2.24. The zero-order chi connectivity index (χ0) is 27.2. The number of carbonyl (C=O) groups excluding carboxylic acids is 2. The lowest BCUT2D eigenvalue weighted by atomic mass is 9.87. The van der Waals surface area contributed by atoms with Crippen molar-refractivity contribution in [3.05, 3.63) is 89.0 Å². The summed E-state index contributed by atoms with van der Waals surface area (Å²) in [6, 6.07) is 16.6. The Kier molecular flexibility index (Phi) is 8.63. The van der Waals surface area contributed by atoms with E-state index < -0.39 is 23.1 Å². The van der Waals surface area contributed by atoms with Gasteiger partial charge in [-0.2, -0.15) is 13.2 Å². The minimum absolute atomic E-state index is 0.0421. The Morgan fingerprint density at radius 1 is 0.865 bits per heavy atom. The highest BCUT2D eigenvalue weighted by Crippen LogP contribution is 2.31. The van der Waals surface area contributed by atoms with Crippen LogP contribution in [-0.4, -0.2) is 18.4 Å². The quantitative estimate of drug-likeness (QED) is 0.294. The van der Waals surface area contributed by atoms with Crippen molar-refractivity contribution in [1.29, 1.82) is 0 Å². The Balaban J connectivity index is 1.51. The summed E-state index contributed by atoms with van der Waals surface area (Å²) < 4.78 is 44.6. The van der Waals surface area contributed by atoms with Crippen LogP contribution in [0.5, 0.6) is 5.75 Å². The van der Waals surface area contributed by atoms with Crippen molar-refractivity contribution < 1.29 is 27.5 Å². The molecule has 3 rings (SSSR count). The third kappa shape index (κ3) is 7.84. The molecule has 0 aromatic heterocycles. The molecule has 0 aliphatic rings. The zero-order valence-electron chi connectivity index (χ0n) is 21.3. The molecule has 8 heteroatoms. The second kappa shape index (κ2) is 11.5. The summed E-state index contributed by atoms with van der Waals surface area (Å²) in [5.74, 6) is 0.126. The molecule has 0 saturated heterocycles. The number of nitrogens with one attached hydrogen (secondary N) is 2. The van der Waals surface area contributed by atoms with Crippen molar-refractivity contribution in [2.75, 3.05) is 17.2 Å². The van der Waals surface area contributed by atoms with E-state index in [4.69, 9.17) is 4.74 Å². The topological polar surface area (TPSA) is 67.4 Å². The van der Waals surface area contributed by atoms with Crippen LogP contribution in [0.25, 0.3) is 0 Å². The van der Waals surface area contributed by atoms with Gasteiger partial charge in [-0.1, -0.05) is 32.0 Å². The van der Waals surface area contributed by atoms with E-state index in [1.807, 2.05) is 45.9 Å². The summed E-state index contributed by atoms with van der Waals surface area (Å²) in [4.78, 5) is 25.3. The predicted octanol–water partition coefficient (Wildman–Crippen LogP) is 7.40. The number of amides is 2. The summed E-state index contributed by atoms with van der Waals surface area (Å²) in [6.07, 6.45) is -3.19. The maximum atomic E-state index is 12.9. The van der Waals surface area contributed by atoms with E-state index in [0.29, 0.717) is 25.1 Å². The highest BCUT2D eigenvalue weighted by molar-refractivity contribution is 6.04. The molecule has 0 heterocycles. The zero-order valence-corrected chi connectivity index (χ0v) is 21.3. The molecule has 0 spiro atoms. The first-order valence-corrected chi connectivity index (χ1v) is 12.0. The summed E-state index contributed by atoms with van der Waals surface area (Å²) in [5.41, 5.74) is 1.50. The van der Waals surface area contributed by atoms with Crippen molar-refractivity contribution >= 4 is 23.2 Å². The smallest absolute Gasteiger partial charge is 0.416 e. The van der Waals surface area contributed by atoms with E-state index in [-0.39, 0.29) is 17.2 Å². The van der Waals surface area contributed by atoms with Crippen molar-refractivity contribution in [3.8, 4) is 5.75 Å². The maximum Gasteiger partial charge on any atom is 0.416 e. The van der Waals surface area contributed by atoms with Gasteiger partial charge in [-0.05, 0) is 86.3 Å². The van der Waals surface area contributed by atoms with Gasteiger partial charge in [0.15, 0.2) is 0 Å². The average Bonchev–Trinajstić information content (AvgIpc) is 2.84. The molecule has 0 aliphatic heterocycles. The van der Waals surface area contributed by atoms with Crippen molar-refractivity contribution in [1.82, 2.24) is 0 Å². The SMILES string of the molecule is Cc1ccc(C)c(OCCCC(C)(C)C(=O)Nc2ccc(C(=O)Nc3cccc(C(F)(F)F)c3)cc2)c1. The van der Waals surface area contributed by atoms with Gasteiger partial charge in [0.1, 0.15) is 5.75 Å². The van der Waals surface area contributed by atoms with E-state index >= 15 is 0 Å². The van der Waals surface area contributed by atoms with Crippen LogP contribution in [0.3, 0.4) is 0 Å². The van der Waals surface area contributed by atoms with Gasteiger partial charge in [0.2, 0.25) is 5.91 Å². The van der Waals surface area contributed by atoms with Crippen LogP contribution in [0.15, 0.2) is 66.7 Å². The fraction of sp³-hybridized carbons (Fsp3) is 0.310. The van der Waals surface area contributed by atoms with E-state index in [9.17, 15) is 22.8 Å². The Morgan fingerprint density at radius 3 is 2.24 bits per heavy atom. The number of ether oxygens (including phenoxy) is 1. The number of aryl methyl sites for hydroxylation is 2. The minimum Gasteiger partial charge on any atom is -0.493 e. The monoisotopic (exact) mass is 512 g/mol. The maximum absolute atomic E-state index is 12.9. The highest BCUT2D eigenvalue weighted by Gasteiger charge is 2.30. The number of rotatable bonds is 9. The fourth-order valence-corrected chi connectivity index (χ4v) is 3.65. The van der Waals surface area contributed by atoms with Crippen LogP contribution in [0.2, 0.25) is 0 Å². The standard InChI is InChI=1S/C29H31F3N2O3/c1-19-9-10-20(2)25(17-19)37-16-6-15-28(3,4)27(36)34-23-13-11-21(12-14-23)26(35)33-24-8-5-7-22(18-24)29(30,31)32/h5,7-14,17-18H,6,15-16H2,1-4H3,(H,33,35)(H,34,36). The van der Waals surface area contributed by atoms with E-state index in [1.54, 1.807) is 12.1 Å². The third-order valence-electron chi connectivity index (χ3n) is 6.01. The normalized spacial score (nSPS) is 11.6. The van der Waals surface area contributed by atoms with Crippen molar-refractivity contribution in [2.45, 2.75) is 46.7 Å². The number of hydrogen-bond donors (Lipinski definition) is 2. The van der Waals surface area contributed by atoms with Crippen LogP contribution in [0, 0.1) is 19.3 Å². The molecule has 5 nitrogen and oxygen atoms in total. The molecule has 0 bridgehead atoms. The van der Waals surface area contributed by atoms with Gasteiger partial charge in [-0.25, -0.2) is 0 Å². The number of hydrogen-bond acceptors (Lipinski definition) is 3. The lowest BCUT2D eigenvalue weighted by molar-refractivity contribution is -0.137. The van der Waals surface area contributed by atoms with Gasteiger partial charge in [0.25, 0.3) is 5.91 Å². The number of carbonyl (C=O) groups is 2. The Bertz CT molecular complexity index is 1250. The van der Waals surface area contributed by atoms with Crippen LogP contribution in [0.1, 0.15) is 53.7 Å². The molecule has 3 aromatic rings. The molecule has 37 heavy (non-hydrogen) atoms. The number of alkyl halides is 3. The van der Waals surface area contributed by atoms with E-state index in [0.717, 1.165) is 29.0 Å². The van der Waals surface area contributed by atoms with Gasteiger partial charge in [-0.3, -0.25) is 9.59 Å². The first kappa shape index (κ1) is 27.8. The molecule has 0 fully saturated rings. The number of halogens is 3. The molecular weight excluding hydrogens is 481 g/mol. The van der Waals surface area contributed by atoms with Crippen molar-refractivity contribution in [2.24, 2.45) is 5.41 Å². The highest BCUT2D eigenvalue weighted by atomic mass is 19.4. The number of benzene rings is 3. The molecule has 0 unspecified atom stereocenters. The molecule has 2 amide bonds. The largest absolute Gasteiger partial charge is 0.493 e. The van der Waals surface area contributed by atoms with Crippen LogP contribution in [-0.2, 0) is 11.0 Å². The van der Waals surface area contributed by atoms with E-state index in [1.165, 1.54) is 24.3 Å². The first-order valence-electron chi connectivity index (χ1n) is 12.0. The molecule has 0 atom stereocenters. The second-order valence-corrected chi connectivity index (χ2v) is 9.67. The second-order valence-electron chi connectivity index (χ2n) is 9.67. The third-order valence-corrected chi connectivity index (χ3v) is 6.01. The number of anilines is 2. The minimum atomic E-state index is -4.50. The fourth-order valence-electron chi connectivity index (χ4n) is 3.65. The van der Waals surface area contributed by atoms with E-state index in [2.05, 4.69) is 10.6 Å². The van der Waals surface area contributed by atoms with Gasteiger partial charge in [-0.15, -0.1) is 0 Å². The van der Waals surface area contributed by atoms with Gasteiger partial charge < -0.3 is 15.4 Å². The molecule has 0 radical (unpaired) electrons. The molecule has 3 aromatic carbocycles. The summed E-state index contributed by atoms with van der Waals surface area (Å²) >= 11 is 0. The summed E-state index contributed by atoms with van der Waals surface area (Å²) in [7, 11) is 0. The summed E-state index contributed by atoms with van der Waals surface area (Å²) in [5, 5.41) is 5.32. The summed E-state index contributed by atoms with van der Waals surface area (Å²) in [6.45, 7) is 8.21. The predicted molar refractivity (Wildman–Crippen MR) is 139 cm³/mol. The Morgan fingerprint density at radius 2 is 1.57 bits per heavy atom.